The number of anilines is 1. The summed E-state index contributed by atoms with van der Waals surface area (Å²) in [4.78, 5) is 20.6. The number of nitrogens with one attached hydrogen (secondary N) is 2. The first-order valence-corrected chi connectivity index (χ1v) is 6.84. The zero-order chi connectivity index (χ0) is 14.3. The van der Waals surface area contributed by atoms with Crippen molar-refractivity contribution in [2.24, 2.45) is 0 Å². The van der Waals surface area contributed by atoms with E-state index in [9.17, 15) is 4.79 Å². The largest absolute Gasteiger partial charge is 0.442 e. The molecule has 0 aromatic carbocycles. The van der Waals surface area contributed by atoms with Crippen molar-refractivity contribution < 1.29 is 9.21 Å². The summed E-state index contributed by atoms with van der Waals surface area (Å²) in [5.41, 5.74) is 1.05. The van der Waals surface area contributed by atoms with Crippen molar-refractivity contribution in [3.63, 3.8) is 0 Å². The topological polar surface area (TPSA) is 80.1 Å². The summed E-state index contributed by atoms with van der Waals surface area (Å²) in [6, 6.07) is 0. The van der Waals surface area contributed by atoms with Gasteiger partial charge in [-0.25, -0.2) is 9.97 Å². The van der Waals surface area contributed by atoms with Crippen molar-refractivity contribution in [2.45, 2.75) is 39.2 Å². The fourth-order valence-corrected chi connectivity index (χ4v) is 2.26. The van der Waals surface area contributed by atoms with Gasteiger partial charge in [0, 0.05) is 12.1 Å². The normalized spacial score (nSPS) is 16.1. The number of aryl methyl sites for hydroxylation is 1. The Hall–Kier alpha value is -2.11. The maximum Gasteiger partial charge on any atom is 0.255 e. The van der Waals surface area contributed by atoms with Crippen LogP contribution in [0.1, 0.15) is 42.8 Å². The predicted octanol–water partition coefficient (Wildman–Crippen LogP) is 2.25. The van der Waals surface area contributed by atoms with Gasteiger partial charge >= 0.3 is 0 Å². The Kier molecular flexibility index (Phi) is 2.88. The summed E-state index contributed by atoms with van der Waals surface area (Å²) in [6.45, 7) is 6.37. The maximum absolute atomic E-state index is 12.2. The molecule has 0 radical (unpaired) electrons. The molecule has 6 heteroatoms. The average Bonchev–Trinajstić information content (AvgIpc) is 3.00. The van der Waals surface area contributed by atoms with Crippen molar-refractivity contribution in [1.82, 2.24) is 15.3 Å². The van der Waals surface area contributed by atoms with E-state index < -0.39 is 0 Å². The lowest BCUT2D eigenvalue weighted by atomic mass is 10.1. The zero-order valence-electron chi connectivity index (χ0n) is 11.9. The number of carbonyl (C=O) groups is 1. The van der Waals surface area contributed by atoms with Crippen LogP contribution in [0.3, 0.4) is 0 Å². The number of fused-ring (bicyclic) bond motifs is 1. The van der Waals surface area contributed by atoms with Gasteiger partial charge in [-0.15, -0.1) is 0 Å². The van der Waals surface area contributed by atoms with E-state index in [0.29, 0.717) is 34.8 Å². The molecule has 0 saturated heterocycles. The molecule has 0 spiro atoms. The van der Waals surface area contributed by atoms with Crippen molar-refractivity contribution in [1.29, 1.82) is 0 Å². The molecule has 0 atom stereocenters. The van der Waals surface area contributed by atoms with Gasteiger partial charge in [-0.2, -0.15) is 0 Å². The van der Waals surface area contributed by atoms with E-state index in [2.05, 4.69) is 27.5 Å². The molecular weight excluding hydrogens is 256 g/mol. The van der Waals surface area contributed by atoms with Crippen LogP contribution in [0.5, 0.6) is 0 Å². The third kappa shape index (κ3) is 2.11. The summed E-state index contributed by atoms with van der Waals surface area (Å²) in [7, 11) is 0. The van der Waals surface area contributed by atoms with E-state index in [0.717, 1.165) is 12.8 Å². The first-order chi connectivity index (χ1) is 9.54. The molecule has 1 saturated carbocycles. The molecule has 106 valence electrons. The summed E-state index contributed by atoms with van der Waals surface area (Å²) >= 11 is 0. The summed E-state index contributed by atoms with van der Waals surface area (Å²) in [5.74, 6) is 1.09. The number of furan rings is 1. The lowest BCUT2D eigenvalue weighted by Crippen LogP contribution is -2.24. The first-order valence-electron chi connectivity index (χ1n) is 6.84. The fourth-order valence-electron chi connectivity index (χ4n) is 2.26. The molecule has 20 heavy (non-hydrogen) atoms. The Balaban J connectivity index is 2.13. The van der Waals surface area contributed by atoms with Gasteiger partial charge in [-0.1, -0.05) is 0 Å². The molecule has 1 aliphatic carbocycles. The maximum atomic E-state index is 12.2. The van der Waals surface area contributed by atoms with E-state index >= 15 is 0 Å². The van der Waals surface area contributed by atoms with E-state index in [-0.39, 0.29) is 11.4 Å². The molecule has 0 aliphatic heterocycles. The van der Waals surface area contributed by atoms with Crippen LogP contribution < -0.4 is 10.6 Å². The highest BCUT2D eigenvalue weighted by Crippen LogP contribution is 2.40. The van der Waals surface area contributed by atoms with Crippen LogP contribution in [0, 0.1) is 6.92 Å². The lowest BCUT2D eigenvalue weighted by molar-refractivity contribution is 0.0955. The summed E-state index contributed by atoms with van der Waals surface area (Å²) in [6.07, 6.45) is 3.67. The van der Waals surface area contributed by atoms with Crippen LogP contribution in [0.25, 0.3) is 11.1 Å². The summed E-state index contributed by atoms with van der Waals surface area (Å²) < 4.78 is 5.59. The minimum atomic E-state index is -0.150. The molecule has 6 nitrogen and oxygen atoms in total. The van der Waals surface area contributed by atoms with Gasteiger partial charge in [0.25, 0.3) is 5.91 Å². The van der Waals surface area contributed by atoms with Gasteiger partial charge in [-0.05, 0) is 33.6 Å². The van der Waals surface area contributed by atoms with Gasteiger partial charge < -0.3 is 15.1 Å². The Morgan fingerprint density at radius 2 is 2.20 bits per heavy atom. The Morgan fingerprint density at radius 3 is 2.85 bits per heavy atom. The van der Waals surface area contributed by atoms with Gasteiger partial charge in [0.2, 0.25) is 5.71 Å². The molecule has 1 aliphatic rings. The third-order valence-electron chi connectivity index (χ3n) is 3.65. The monoisotopic (exact) mass is 274 g/mol. The second kappa shape index (κ2) is 4.47. The highest BCUT2D eigenvalue weighted by atomic mass is 16.3. The highest BCUT2D eigenvalue weighted by Gasteiger charge is 2.38. The number of aromatic nitrogens is 2. The van der Waals surface area contributed by atoms with Gasteiger partial charge in [0.15, 0.2) is 0 Å². The predicted molar refractivity (Wildman–Crippen MR) is 75.8 cm³/mol. The fraction of sp³-hybridized carbons (Fsp3) is 0.500. The van der Waals surface area contributed by atoms with Crippen LogP contribution in [-0.4, -0.2) is 28.0 Å². The standard InChI is InChI=1S/C14H18N4O2/c1-4-15-12(19)9-8(2)20-13-10(9)11(16-7-17-13)18-14(3)5-6-14/h7H,4-6H2,1-3H3,(H,15,19)(H,16,17,18). The van der Waals surface area contributed by atoms with Crippen LogP contribution >= 0.6 is 0 Å². The van der Waals surface area contributed by atoms with Crippen molar-refractivity contribution in [2.75, 3.05) is 11.9 Å². The average molecular weight is 274 g/mol. The lowest BCUT2D eigenvalue weighted by Gasteiger charge is -2.13. The molecule has 3 rings (SSSR count). The Labute approximate surface area is 117 Å². The number of amides is 1. The number of carbonyl (C=O) groups excluding carboxylic acids is 1. The van der Waals surface area contributed by atoms with Crippen LogP contribution in [0.4, 0.5) is 5.82 Å². The van der Waals surface area contributed by atoms with E-state index in [1.54, 1.807) is 6.92 Å². The molecular formula is C14H18N4O2. The Morgan fingerprint density at radius 1 is 1.45 bits per heavy atom. The van der Waals surface area contributed by atoms with Crippen molar-refractivity contribution >= 4 is 22.8 Å². The zero-order valence-corrected chi connectivity index (χ0v) is 11.9. The van der Waals surface area contributed by atoms with Crippen molar-refractivity contribution in [3.8, 4) is 0 Å². The van der Waals surface area contributed by atoms with Gasteiger partial charge in [-0.3, -0.25) is 4.79 Å². The SMILES string of the molecule is CCNC(=O)c1c(C)oc2ncnc(NC3(C)CC3)c12. The smallest absolute Gasteiger partial charge is 0.255 e. The number of rotatable bonds is 4. The minimum Gasteiger partial charge on any atom is -0.442 e. The van der Waals surface area contributed by atoms with Crippen LogP contribution in [-0.2, 0) is 0 Å². The highest BCUT2D eigenvalue weighted by molar-refractivity contribution is 6.10. The second-order valence-corrected chi connectivity index (χ2v) is 5.48. The third-order valence-corrected chi connectivity index (χ3v) is 3.65. The minimum absolute atomic E-state index is 0.0744. The molecule has 2 heterocycles. The van der Waals surface area contributed by atoms with E-state index in [4.69, 9.17) is 4.42 Å². The van der Waals surface area contributed by atoms with Gasteiger partial charge in [0.05, 0.1) is 10.9 Å². The molecule has 2 N–H and O–H groups in total. The quantitative estimate of drug-likeness (QED) is 0.893. The molecule has 0 bridgehead atoms. The molecule has 0 unspecified atom stereocenters. The summed E-state index contributed by atoms with van der Waals surface area (Å²) in [5, 5.41) is 6.87. The van der Waals surface area contributed by atoms with Gasteiger partial charge in [0.1, 0.15) is 17.9 Å². The molecule has 2 aromatic heterocycles. The number of nitrogens with zero attached hydrogens (tertiary/aromatic N) is 2. The molecule has 1 amide bonds. The van der Waals surface area contributed by atoms with Crippen molar-refractivity contribution in [3.05, 3.63) is 17.7 Å². The van der Waals surface area contributed by atoms with Crippen LogP contribution in [0.2, 0.25) is 0 Å². The van der Waals surface area contributed by atoms with E-state index in [1.807, 2.05) is 6.92 Å². The Bertz CT molecular complexity index is 673. The molecule has 2 aromatic rings. The first kappa shape index (κ1) is 12.9. The number of hydrogen-bond acceptors (Lipinski definition) is 5. The molecule has 1 fully saturated rings. The van der Waals surface area contributed by atoms with Crippen LogP contribution in [0.15, 0.2) is 10.7 Å². The number of hydrogen-bond donors (Lipinski definition) is 2. The second-order valence-electron chi connectivity index (χ2n) is 5.48. The van der Waals surface area contributed by atoms with E-state index in [1.165, 1.54) is 6.33 Å².